The second-order valence-corrected chi connectivity index (χ2v) is 7.38. The average Bonchev–Trinajstić information content (AvgIpc) is 3.06. The number of likely N-dealkylation sites (tertiary alicyclic amines) is 1. The van der Waals surface area contributed by atoms with E-state index in [1.165, 1.54) is 24.2 Å². The number of hydrogen-bond acceptors (Lipinski definition) is 6. The van der Waals surface area contributed by atoms with Crippen LogP contribution in [0.4, 0.5) is 0 Å². The van der Waals surface area contributed by atoms with E-state index in [1.54, 1.807) is 11.8 Å². The number of nitrogens with zero attached hydrogens (tertiary/aromatic N) is 2. The van der Waals surface area contributed by atoms with E-state index in [9.17, 15) is 15.2 Å². The Morgan fingerprint density at radius 3 is 2.95 bits per heavy atom. The SMILES string of the molecule is N#Cc1c(SCCN2CCCC2)sc2c(O)cc(=O)[nH]c12. The summed E-state index contributed by atoms with van der Waals surface area (Å²) in [6.07, 6.45) is 2.54. The first-order chi connectivity index (χ1) is 10.2. The van der Waals surface area contributed by atoms with Crippen molar-refractivity contribution in [3.8, 4) is 11.8 Å². The Morgan fingerprint density at radius 1 is 1.48 bits per heavy atom. The summed E-state index contributed by atoms with van der Waals surface area (Å²) in [4.78, 5) is 16.5. The second kappa shape index (κ2) is 6.10. The predicted molar refractivity (Wildman–Crippen MR) is 85.2 cm³/mol. The van der Waals surface area contributed by atoms with Gasteiger partial charge in [-0.05, 0) is 25.9 Å². The number of thiophene rings is 1. The summed E-state index contributed by atoms with van der Waals surface area (Å²) in [5.74, 6) is 0.855. The zero-order valence-corrected chi connectivity index (χ0v) is 13.0. The van der Waals surface area contributed by atoms with Crippen LogP contribution in [0, 0.1) is 11.3 Å². The molecule has 21 heavy (non-hydrogen) atoms. The highest BCUT2D eigenvalue weighted by Gasteiger charge is 2.17. The minimum absolute atomic E-state index is 0.0540. The molecule has 110 valence electrons. The number of fused-ring (bicyclic) bond motifs is 1. The molecule has 1 aliphatic rings. The third-order valence-corrected chi connectivity index (χ3v) is 6.04. The van der Waals surface area contributed by atoms with Crippen LogP contribution in [0.3, 0.4) is 0 Å². The maximum atomic E-state index is 11.4. The van der Waals surface area contributed by atoms with Crippen molar-refractivity contribution in [1.82, 2.24) is 9.88 Å². The molecule has 0 saturated carbocycles. The lowest BCUT2D eigenvalue weighted by Crippen LogP contribution is -2.21. The number of aromatic hydroxyl groups is 1. The summed E-state index contributed by atoms with van der Waals surface area (Å²) >= 11 is 2.99. The first-order valence-corrected chi connectivity index (χ1v) is 8.63. The van der Waals surface area contributed by atoms with Crippen LogP contribution < -0.4 is 5.56 Å². The molecular weight excluding hydrogens is 306 g/mol. The van der Waals surface area contributed by atoms with Gasteiger partial charge in [0.25, 0.3) is 5.56 Å². The van der Waals surface area contributed by atoms with Gasteiger partial charge in [0.2, 0.25) is 0 Å². The van der Waals surface area contributed by atoms with Gasteiger partial charge in [-0.3, -0.25) is 4.79 Å². The highest BCUT2D eigenvalue weighted by Crippen LogP contribution is 2.39. The Balaban J connectivity index is 1.83. The number of aromatic nitrogens is 1. The van der Waals surface area contributed by atoms with E-state index in [2.05, 4.69) is 16.0 Å². The summed E-state index contributed by atoms with van der Waals surface area (Å²) in [6, 6.07) is 3.30. The zero-order valence-electron chi connectivity index (χ0n) is 11.4. The lowest BCUT2D eigenvalue weighted by Gasteiger charge is -2.13. The van der Waals surface area contributed by atoms with Crippen LogP contribution in [-0.2, 0) is 0 Å². The van der Waals surface area contributed by atoms with Gasteiger partial charge in [-0.2, -0.15) is 5.26 Å². The average molecular weight is 321 g/mol. The topological polar surface area (TPSA) is 80.1 Å². The normalized spacial score (nSPS) is 15.6. The molecule has 0 atom stereocenters. The standard InChI is InChI=1S/C14H15N3O2S2/c15-8-9-12-13(10(18)7-11(19)16-12)21-14(9)20-6-5-17-3-1-2-4-17/h7H,1-6H2,(H2,16,18,19). The molecule has 5 nitrogen and oxygen atoms in total. The molecule has 0 bridgehead atoms. The zero-order chi connectivity index (χ0) is 14.8. The molecule has 0 aliphatic carbocycles. The molecule has 0 unspecified atom stereocenters. The van der Waals surface area contributed by atoms with Gasteiger partial charge in [0.05, 0.1) is 14.4 Å². The highest BCUT2D eigenvalue weighted by molar-refractivity contribution is 8.01. The monoisotopic (exact) mass is 321 g/mol. The van der Waals surface area contributed by atoms with Gasteiger partial charge in [0.1, 0.15) is 17.4 Å². The maximum absolute atomic E-state index is 11.4. The molecule has 2 aromatic rings. The Labute approximate surface area is 130 Å². The lowest BCUT2D eigenvalue weighted by atomic mass is 10.3. The van der Waals surface area contributed by atoms with Gasteiger partial charge in [-0.25, -0.2) is 0 Å². The second-order valence-electron chi connectivity index (χ2n) is 5.00. The van der Waals surface area contributed by atoms with Gasteiger partial charge in [-0.15, -0.1) is 23.1 Å². The molecule has 0 spiro atoms. The predicted octanol–water partition coefficient (Wildman–Crippen LogP) is 2.35. The summed E-state index contributed by atoms with van der Waals surface area (Å²) in [5, 5.41) is 19.2. The fraction of sp³-hybridized carbons (Fsp3) is 0.429. The van der Waals surface area contributed by atoms with Gasteiger partial charge >= 0.3 is 0 Å². The van der Waals surface area contributed by atoms with Crippen molar-refractivity contribution in [3.05, 3.63) is 22.0 Å². The third kappa shape index (κ3) is 2.93. The van der Waals surface area contributed by atoms with Crippen molar-refractivity contribution in [3.63, 3.8) is 0 Å². The quantitative estimate of drug-likeness (QED) is 0.845. The molecule has 1 saturated heterocycles. The molecule has 3 rings (SSSR count). The number of rotatable bonds is 4. The molecule has 1 aliphatic heterocycles. The van der Waals surface area contributed by atoms with Crippen LogP contribution in [0.25, 0.3) is 10.2 Å². The number of pyridine rings is 1. The number of nitriles is 1. The number of thioether (sulfide) groups is 1. The smallest absolute Gasteiger partial charge is 0.252 e. The molecule has 2 aromatic heterocycles. The molecule has 3 heterocycles. The molecular formula is C14H15N3O2S2. The van der Waals surface area contributed by atoms with Crippen LogP contribution in [0.5, 0.6) is 5.75 Å². The molecule has 0 aromatic carbocycles. The summed E-state index contributed by atoms with van der Waals surface area (Å²) < 4.78 is 1.44. The van der Waals surface area contributed by atoms with Crippen molar-refractivity contribution in [2.45, 2.75) is 17.1 Å². The fourth-order valence-corrected chi connectivity index (χ4v) is 4.95. The van der Waals surface area contributed by atoms with Gasteiger partial charge < -0.3 is 15.0 Å². The van der Waals surface area contributed by atoms with Crippen molar-refractivity contribution in [2.24, 2.45) is 0 Å². The van der Waals surface area contributed by atoms with Crippen molar-refractivity contribution < 1.29 is 5.11 Å². The Hall–Kier alpha value is -1.49. The minimum atomic E-state index is -0.386. The van der Waals surface area contributed by atoms with Crippen LogP contribution in [0.1, 0.15) is 18.4 Å². The number of hydrogen-bond donors (Lipinski definition) is 2. The first kappa shape index (κ1) is 14.4. The number of aromatic amines is 1. The van der Waals surface area contributed by atoms with E-state index in [4.69, 9.17) is 0 Å². The van der Waals surface area contributed by atoms with Crippen LogP contribution in [0.15, 0.2) is 15.1 Å². The summed E-state index contributed by atoms with van der Waals surface area (Å²) in [7, 11) is 0. The van der Waals surface area contributed by atoms with E-state index in [1.807, 2.05) is 0 Å². The van der Waals surface area contributed by atoms with E-state index < -0.39 is 0 Å². The molecule has 0 radical (unpaired) electrons. The van der Waals surface area contributed by atoms with E-state index in [-0.39, 0.29) is 11.3 Å². The number of nitrogens with one attached hydrogen (secondary N) is 1. The molecule has 2 N–H and O–H groups in total. The van der Waals surface area contributed by atoms with Gasteiger partial charge in [0, 0.05) is 18.4 Å². The summed E-state index contributed by atoms with van der Waals surface area (Å²) in [6.45, 7) is 3.32. The van der Waals surface area contributed by atoms with E-state index in [0.29, 0.717) is 15.8 Å². The van der Waals surface area contributed by atoms with Crippen molar-refractivity contribution in [2.75, 3.05) is 25.4 Å². The van der Waals surface area contributed by atoms with Gasteiger partial charge in [0.15, 0.2) is 0 Å². The summed E-state index contributed by atoms with van der Waals surface area (Å²) in [5.41, 5.74) is 0.536. The number of H-pyrrole nitrogens is 1. The largest absolute Gasteiger partial charge is 0.506 e. The highest BCUT2D eigenvalue weighted by atomic mass is 32.2. The first-order valence-electron chi connectivity index (χ1n) is 6.83. The third-order valence-electron chi connectivity index (χ3n) is 3.58. The van der Waals surface area contributed by atoms with Gasteiger partial charge in [-0.1, -0.05) is 0 Å². The Bertz CT molecular complexity index is 754. The Morgan fingerprint density at radius 2 is 2.24 bits per heavy atom. The minimum Gasteiger partial charge on any atom is -0.506 e. The van der Waals surface area contributed by atoms with Crippen LogP contribution in [0.2, 0.25) is 0 Å². The van der Waals surface area contributed by atoms with E-state index >= 15 is 0 Å². The van der Waals surface area contributed by atoms with E-state index in [0.717, 1.165) is 35.7 Å². The Kier molecular flexibility index (Phi) is 4.19. The molecule has 7 heteroatoms. The lowest BCUT2D eigenvalue weighted by molar-refractivity contribution is 0.362. The van der Waals surface area contributed by atoms with Crippen LogP contribution in [-0.4, -0.2) is 40.4 Å². The van der Waals surface area contributed by atoms with Crippen molar-refractivity contribution in [1.29, 1.82) is 5.26 Å². The molecule has 0 amide bonds. The maximum Gasteiger partial charge on any atom is 0.252 e. The molecule has 1 fully saturated rings. The fourth-order valence-electron chi connectivity index (χ4n) is 2.54. The van der Waals surface area contributed by atoms with Crippen molar-refractivity contribution >= 4 is 33.3 Å². The van der Waals surface area contributed by atoms with Crippen LogP contribution >= 0.6 is 23.1 Å².